The maximum atomic E-state index is 5.99. The monoisotopic (exact) mass is 229 g/mol. The normalized spacial score (nSPS) is 17.9. The van der Waals surface area contributed by atoms with Gasteiger partial charge in [-0.05, 0) is 12.2 Å². The molecule has 5 heteroatoms. The van der Waals surface area contributed by atoms with E-state index < -0.39 is 0 Å². The Bertz CT molecular complexity index is 300. The molecule has 1 aromatic heterocycles. The summed E-state index contributed by atoms with van der Waals surface area (Å²) < 4.78 is 0. The van der Waals surface area contributed by atoms with Crippen molar-refractivity contribution in [1.29, 1.82) is 0 Å². The van der Waals surface area contributed by atoms with E-state index in [0.717, 1.165) is 24.7 Å². The van der Waals surface area contributed by atoms with Gasteiger partial charge < -0.3 is 4.90 Å². The van der Waals surface area contributed by atoms with Crippen molar-refractivity contribution in [3.63, 3.8) is 0 Å². The second-order valence-corrected chi connectivity index (χ2v) is 4.71. The Labute approximate surface area is 92.9 Å². The summed E-state index contributed by atoms with van der Waals surface area (Å²) in [7, 11) is 0. The van der Waals surface area contributed by atoms with E-state index >= 15 is 0 Å². The van der Waals surface area contributed by atoms with E-state index in [9.17, 15) is 0 Å². The molecule has 1 fully saturated rings. The third kappa shape index (κ3) is 2.30. The first-order valence-electron chi connectivity index (χ1n) is 4.67. The Kier molecular flexibility index (Phi) is 3.48. The summed E-state index contributed by atoms with van der Waals surface area (Å²) in [5.41, 5.74) is 0. The van der Waals surface area contributed by atoms with Crippen molar-refractivity contribution in [3.05, 3.63) is 17.5 Å². The number of anilines is 1. The Hall–Kier alpha value is -0.480. The van der Waals surface area contributed by atoms with Crippen molar-refractivity contribution in [2.45, 2.75) is 6.42 Å². The Balaban J connectivity index is 2.16. The highest BCUT2D eigenvalue weighted by Gasteiger charge is 2.14. The summed E-state index contributed by atoms with van der Waals surface area (Å²) >= 11 is 7.98. The van der Waals surface area contributed by atoms with Crippen LogP contribution in [0, 0.1) is 0 Å². The number of thioether (sulfide) groups is 1. The lowest BCUT2D eigenvalue weighted by Crippen LogP contribution is -2.26. The predicted octanol–water partition coefficient (Wildman–Crippen LogP) is 2.07. The second-order valence-electron chi connectivity index (χ2n) is 3.12. The summed E-state index contributed by atoms with van der Waals surface area (Å²) in [6, 6.07) is 0. The largest absolute Gasteiger partial charge is 0.353 e. The molecule has 76 valence electrons. The summed E-state index contributed by atoms with van der Waals surface area (Å²) in [6.45, 7) is 2.05. The molecule has 14 heavy (non-hydrogen) atoms. The van der Waals surface area contributed by atoms with Crippen molar-refractivity contribution in [1.82, 2.24) is 9.97 Å². The fourth-order valence-corrected chi connectivity index (χ4v) is 2.60. The van der Waals surface area contributed by atoms with Crippen LogP contribution in [-0.4, -0.2) is 34.6 Å². The number of rotatable bonds is 1. The molecule has 0 spiro atoms. The van der Waals surface area contributed by atoms with E-state index in [4.69, 9.17) is 11.6 Å². The summed E-state index contributed by atoms with van der Waals surface area (Å²) in [4.78, 5) is 10.5. The van der Waals surface area contributed by atoms with Gasteiger partial charge in [-0.25, -0.2) is 9.97 Å². The Morgan fingerprint density at radius 1 is 1.21 bits per heavy atom. The molecule has 0 radical (unpaired) electrons. The topological polar surface area (TPSA) is 29.0 Å². The van der Waals surface area contributed by atoms with E-state index in [0.29, 0.717) is 5.15 Å². The number of halogens is 1. The molecular weight excluding hydrogens is 218 g/mol. The van der Waals surface area contributed by atoms with Crippen LogP contribution in [0.3, 0.4) is 0 Å². The van der Waals surface area contributed by atoms with Gasteiger partial charge in [-0.3, -0.25) is 0 Å². The van der Waals surface area contributed by atoms with Crippen molar-refractivity contribution < 1.29 is 0 Å². The standard InChI is InChI=1S/C9H12ClN3S/c10-8-9(12-3-2-11-8)13-4-1-6-14-7-5-13/h2-3H,1,4-7H2. The Morgan fingerprint density at radius 2 is 2.07 bits per heavy atom. The van der Waals surface area contributed by atoms with Crippen molar-refractivity contribution in [3.8, 4) is 0 Å². The molecule has 0 bridgehead atoms. The minimum Gasteiger partial charge on any atom is -0.353 e. The van der Waals surface area contributed by atoms with E-state index in [1.165, 1.54) is 12.2 Å². The molecule has 1 aromatic rings. The van der Waals surface area contributed by atoms with Gasteiger partial charge in [0.15, 0.2) is 11.0 Å². The molecule has 1 aliphatic heterocycles. The van der Waals surface area contributed by atoms with Gasteiger partial charge in [-0.15, -0.1) is 0 Å². The molecule has 0 aromatic carbocycles. The maximum absolute atomic E-state index is 5.99. The fourth-order valence-electron chi connectivity index (χ4n) is 1.48. The van der Waals surface area contributed by atoms with E-state index in [1.54, 1.807) is 12.4 Å². The van der Waals surface area contributed by atoms with Crippen LogP contribution >= 0.6 is 23.4 Å². The van der Waals surface area contributed by atoms with E-state index in [2.05, 4.69) is 14.9 Å². The maximum Gasteiger partial charge on any atom is 0.171 e. The lowest BCUT2D eigenvalue weighted by molar-refractivity contribution is 0.798. The van der Waals surface area contributed by atoms with Crippen LogP contribution in [0.25, 0.3) is 0 Å². The van der Waals surface area contributed by atoms with Gasteiger partial charge in [-0.1, -0.05) is 11.6 Å². The van der Waals surface area contributed by atoms with Gasteiger partial charge in [-0.2, -0.15) is 11.8 Å². The third-order valence-corrected chi connectivity index (χ3v) is 3.47. The zero-order valence-electron chi connectivity index (χ0n) is 7.82. The zero-order chi connectivity index (χ0) is 9.80. The molecule has 0 aliphatic carbocycles. The molecule has 0 saturated carbocycles. The lowest BCUT2D eigenvalue weighted by Gasteiger charge is -2.20. The van der Waals surface area contributed by atoms with Gasteiger partial charge in [0.25, 0.3) is 0 Å². The number of hydrogen-bond donors (Lipinski definition) is 0. The fraction of sp³-hybridized carbons (Fsp3) is 0.556. The molecule has 0 N–H and O–H groups in total. The van der Waals surface area contributed by atoms with Crippen LogP contribution in [-0.2, 0) is 0 Å². The van der Waals surface area contributed by atoms with Gasteiger partial charge in [0, 0.05) is 31.2 Å². The van der Waals surface area contributed by atoms with Crippen molar-refractivity contribution >= 4 is 29.2 Å². The van der Waals surface area contributed by atoms with Gasteiger partial charge in [0.2, 0.25) is 0 Å². The molecule has 1 saturated heterocycles. The summed E-state index contributed by atoms with van der Waals surface area (Å²) in [5, 5.41) is 0.513. The van der Waals surface area contributed by atoms with Gasteiger partial charge in [0.1, 0.15) is 0 Å². The highest BCUT2D eigenvalue weighted by Crippen LogP contribution is 2.22. The van der Waals surface area contributed by atoms with E-state index in [-0.39, 0.29) is 0 Å². The average Bonchev–Trinajstić information content (AvgIpc) is 2.47. The van der Waals surface area contributed by atoms with Crippen molar-refractivity contribution in [2.24, 2.45) is 0 Å². The molecule has 0 unspecified atom stereocenters. The highest BCUT2D eigenvalue weighted by molar-refractivity contribution is 7.99. The SMILES string of the molecule is Clc1nccnc1N1CCCSCC1. The van der Waals surface area contributed by atoms with Crippen molar-refractivity contribution in [2.75, 3.05) is 29.5 Å². The molecule has 2 heterocycles. The van der Waals surface area contributed by atoms with Crippen LogP contribution in [0.1, 0.15) is 6.42 Å². The summed E-state index contributed by atoms with van der Waals surface area (Å²) in [5.74, 6) is 3.21. The molecular formula is C9H12ClN3S. The molecule has 2 rings (SSSR count). The van der Waals surface area contributed by atoms with Crippen LogP contribution < -0.4 is 4.90 Å². The first-order chi connectivity index (χ1) is 6.88. The first kappa shape index (κ1) is 10.1. The number of nitrogens with zero attached hydrogens (tertiary/aromatic N) is 3. The molecule has 0 atom stereocenters. The highest BCUT2D eigenvalue weighted by atomic mass is 35.5. The minimum atomic E-state index is 0.513. The second kappa shape index (κ2) is 4.84. The molecule has 3 nitrogen and oxygen atoms in total. The lowest BCUT2D eigenvalue weighted by atomic mass is 10.4. The summed E-state index contributed by atoms with van der Waals surface area (Å²) in [6.07, 6.45) is 4.51. The van der Waals surface area contributed by atoms with Crippen LogP contribution in [0.5, 0.6) is 0 Å². The van der Waals surface area contributed by atoms with Crippen LogP contribution in [0.15, 0.2) is 12.4 Å². The number of hydrogen-bond acceptors (Lipinski definition) is 4. The zero-order valence-corrected chi connectivity index (χ0v) is 9.39. The van der Waals surface area contributed by atoms with Crippen LogP contribution in [0.4, 0.5) is 5.82 Å². The predicted molar refractivity (Wildman–Crippen MR) is 61.2 cm³/mol. The van der Waals surface area contributed by atoms with Crippen LogP contribution in [0.2, 0.25) is 5.15 Å². The molecule has 0 amide bonds. The minimum absolute atomic E-state index is 0.513. The quantitative estimate of drug-likeness (QED) is 0.738. The van der Waals surface area contributed by atoms with Gasteiger partial charge >= 0.3 is 0 Å². The van der Waals surface area contributed by atoms with Gasteiger partial charge in [0.05, 0.1) is 0 Å². The first-order valence-corrected chi connectivity index (χ1v) is 6.20. The average molecular weight is 230 g/mol. The van der Waals surface area contributed by atoms with E-state index in [1.807, 2.05) is 11.8 Å². The third-order valence-electron chi connectivity index (χ3n) is 2.16. The smallest absolute Gasteiger partial charge is 0.171 e. The molecule has 1 aliphatic rings. The number of aromatic nitrogens is 2. The Morgan fingerprint density at radius 3 is 2.93 bits per heavy atom.